The molecule has 1 aliphatic rings. The van der Waals surface area contributed by atoms with Crippen molar-refractivity contribution in [3.8, 4) is 23.3 Å². The number of carbonyl (C=O) groups is 1. The fourth-order valence-electron chi connectivity index (χ4n) is 3.46. The Morgan fingerprint density at radius 3 is 2.55 bits per heavy atom. The zero-order chi connectivity index (χ0) is 22.1. The van der Waals surface area contributed by atoms with Crippen LogP contribution >= 0.6 is 23.2 Å². The fraction of sp³-hybridized carbons (Fsp3) is 0.130. The van der Waals surface area contributed by atoms with Crippen molar-refractivity contribution in [3.05, 3.63) is 75.0 Å². The van der Waals surface area contributed by atoms with Crippen molar-refractivity contribution in [1.29, 1.82) is 5.26 Å². The van der Waals surface area contributed by atoms with E-state index in [1.807, 2.05) is 48.7 Å². The number of nitrogens with zero attached hydrogens (tertiary/aromatic N) is 2. The summed E-state index contributed by atoms with van der Waals surface area (Å²) >= 11 is 12.2. The molecule has 6 nitrogen and oxygen atoms in total. The Morgan fingerprint density at radius 2 is 1.84 bits per heavy atom. The molecule has 156 valence electrons. The molecule has 8 heteroatoms. The Kier molecular flexibility index (Phi) is 5.64. The van der Waals surface area contributed by atoms with Gasteiger partial charge in [-0.15, -0.1) is 0 Å². The zero-order valence-corrected chi connectivity index (χ0v) is 18.2. The number of hydrogen-bond donors (Lipinski definition) is 1. The van der Waals surface area contributed by atoms with Crippen LogP contribution in [0.2, 0.25) is 10.0 Å². The minimum atomic E-state index is -0.592. The van der Waals surface area contributed by atoms with Crippen LogP contribution in [-0.4, -0.2) is 17.3 Å². The van der Waals surface area contributed by atoms with E-state index in [9.17, 15) is 10.1 Å². The van der Waals surface area contributed by atoms with E-state index in [1.165, 1.54) is 0 Å². The minimum Gasteiger partial charge on any atom is -0.454 e. The summed E-state index contributed by atoms with van der Waals surface area (Å²) in [5, 5.41) is 12.8. The van der Waals surface area contributed by atoms with E-state index < -0.39 is 5.91 Å². The number of anilines is 1. The SMILES string of the molecule is Cc1cc(/C=C(\C#N)C(=O)Nc2c(Cl)cccc2Cl)c(C)n1-c1ccc2c(c1)OCO2. The number of para-hydroxylation sites is 1. The van der Waals surface area contributed by atoms with Crippen LogP contribution in [0.1, 0.15) is 17.0 Å². The third-order valence-electron chi connectivity index (χ3n) is 4.95. The van der Waals surface area contributed by atoms with Gasteiger partial charge in [-0.3, -0.25) is 4.79 Å². The summed E-state index contributed by atoms with van der Waals surface area (Å²) in [7, 11) is 0. The third-order valence-corrected chi connectivity index (χ3v) is 5.58. The first-order valence-electron chi connectivity index (χ1n) is 9.35. The summed E-state index contributed by atoms with van der Waals surface area (Å²) in [4.78, 5) is 12.7. The topological polar surface area (TPSA) is 76.3 Å². The van der Waals surface area contributed by atoms with Crippen molar-refractivity contribution in [3.63, 3.8) is 0 Å². The van der Waals surface area contributed by atoms with Gasteiger partial charge >= 0.3 is 0 Å². The van der Waals surface area contributed by atoms with Crippen molar-refractivity contribution in [2.24, 2.45) is 0 Å². The summed E-state index contributed by atoms with van der Waals surface area (Å²) in [6.07, 6.45) is 1.55. The number of fused-ring (bicyclic) bond motifs is 1. The summed E-state index contributed by atoms with van der Waals surface area (Å²) in [6, 6.07) is 14.4. The Balaban J connectivity index is 1.67. The molecule has 2 heterocycles. The van der Waals surface area contributed by atoms with Gasteiger partial charge in [-0.1, -0.05) is 29.3 Å². The molecule has 0 saturated heterocycles. The molecule has 1 amide bonds. The van der Waals surface area contributed by atoms with Crippen molar-refractivity contribution in [2.75, 3.05) is 12.1 Å². The Morgan fingerprint density at radius 1 is 1.13 bits per heavy atom. The average Bonchev–Trinajstić information content (AvgIpc) is 3.32. The van der Waals surface area contributed by atoms with Crippen LogP contribution in [0.15, 0.2) is 48.0 Å². The molecule has 0 spiro atoms. The lowest BCUT2D eigenvalue weighted by molar-refractivity contribution is -0.112. The molecule has 0 radical (unpaired) electrons. The maximum Gasteiger partial charge on any atom is 0.266 e. The number of halogens is 2. The van der Waals surface area contributed by atoms with Gasteiger partial charge in [0.25, 0.3) is 5.91 Å². The first kappa shape index (κ1) is 20.9. The quantitative estimate of drug-likeness (QED) is 0.407. The molecule has 0 bridgehead atoms. The maximum absolute atomic E-state index is 12.7. The normalized spacial score (nSPS) is 12.5. The number of aromatic nitrogens is 1. The molecule has 1 aromatic heterocycles. The van der Waals surface area contributed by atoms with Crippen LogP contribution in [0.5, 0.6) is 11.5 Å². The molecular weight excluding hydrogens is 437 g/mol. The van der Waals surface area contributed by atoms with Gasteiger partial charge < -0.3 is 19.4 Å². The third kappa shape index (κ3) is 3.98. The van der Waals surface area contributed by atoms with E-state index in [-0.39, 0.29) is 18.1 Å². The predicted molar refractivity (Wildman–Crippen MR) is 120 cm³/mol. The number of nitrogens with one attached hydrogen (secondary N) is 1. The fourth-order valence-corrected chi connectivity index (χ4v) is 3.95. The number of ether oxygens (including phenoxy) is 2. The molecule has 0 fully saturated rings. The average molecular weight is 454 g/mol. The van der Waals surface area contributed by atoms with Crippen LogP contribution in [-0.2, 0) is 4.79 Å². The second-order valence-corrected chi connectivity index (χ2v) is 7.73. The molecule has 0 aliphatic carbocycles. The van der Waals surface area contributed by atoms with Crippen LogP contribution in [0.25, 0.3) is 11.8 Å². The Hall–Kier alpha value is -3.40. The van der Waals surface area contributed by atoms with Crippen LogP contribution in [0.3, 0.4) is 0 Å². The molecule has 4 rings (SSSR count). The van der Waals surface area contributed by atoms with Gasteiger partial charge in [0.2, 0.25) is 6.79 Å². The second kappa shape index (κ2) is 8.38. The van der Waals surface area contributed by atoms with Gasteiger partial charge in [0.15, 0.2) is 11.5 Å². The number of hydrogen-bond acceptors (Lipinski definition) is 4. The van der Waals surface area contributed by atoms with Gasteiger partial charge in [-0.25, -0.2) is 0 Å². The molecule has 0 atom stereocenters. The maximum atomic E-state index is 12.7. The van der Waals surface area contributed by atoms with E-state index in [4.69, 9.17) is 32.7 Å². The summed E-state index contributed by atoms with van der Waals surface area (Å²) in [5.41, 5.74) is 3.64. The minimum absolute atomic E-state index is 0.0677. The lowest BCUT2D eigenvalue weighted by Gasteiger charge is -2.10. The Labute approximate surface area is 189 Å². The predicted octanol–water partition coefficient (Wildman–Crippen LogP) is 5.68. The second-order valence-electron chi connectivity index (χ2n) is 6.92. The standard InChI is InChI=1S/C23H17Cl2N3O3/c1-13-8-15(14(2)28(13)17-6-7-20-21(10-17)31-12-30-20)9-16(11-26)23(29)27-22-18(24)4-3-5-19(22)25/h3-10H,12H2,1-2H3,(H,27,29)/b16-9+. The van der Waals surface area contributed by atoms with E-state index in [2.05, 4.69) is 5.32 Å². The molecule has 0 saturated carbocycles. The summed E-state index contributed by atoms with van der Waals surface area (Å²) in [5.74, 6) is 0.786. The molecule has 3 aromatic rings. The highest BCUT2D eigenvalue weighted by Gasteiger charge is 2.18. The Bertz CT molecular complexity index is 1250. The highest BCUT2D eigenvalue weighted by molar-refractivity contribution is 6.40. The van der Waals surface area contributed by atoms with Crippen molar-refractivity contribution >= 4 is 40.9 Å². The van der Waals surface area contributed by atoms with Gasteiger partial charge in [0, 0.05) is 23.1 Å². The van der Waals surface area contributed by atoms with Crippen LogP contribution in [0, 0.1) is 25.2 Å². The number of nitriles is 1. The van der Waals surface area contributed by atoms with E-state index >= 15 is 0 Å². The van der Waals surface area contributed by atoms with Gasteiger partial charge in [-0.2, -0.15) is 5.26 Å². The number of rotatable bonds is 4. The highest BCUT2D eigenvalue weighted by atomic mass is 35.5. The molecule has 31 heavy (non-hydrogen) atoms. The summed E-state index contributed by atoms with van der Waals surface area (Å²) < 4.78 is 12.9. The van der Waals surface area contributed by atoms with E-state index in [0.717, 1.165) is 22.6 Å². The molecule has 1 aliphatic heterocycles. The van der Waals surface area contributed by atoms with Gasteiger partial charge in [0.1, 0.15) is 11.6 Å². The largest absolute Gasteiger partial charge is 0.454 e. The summed E-state index contributed by atoms with van der Waals surface area (Å²) in [6.45, 7) is 4.07. The van der Waals surface area contributed by atoms with E-state index in [0.29, 0.717) is 21.5 Å². The van der Waals surface area contributed by atoms with Crippen LogP contribution < -0.4 is 14.8 Å². The monoisotopic (exact) mass is 453 g/mol. The molecule has 1 N–H and O–H groups in total. The van der Waals surface area contributed by atoms with E-state index in [1.54, 1.807) is 24.3 Å². The molecule has 2 aromatic carbocycles. The number of carbonyl (C=O) groups excluding carboxylic acids is 1. The number of aryl methyl sites for hydroxylation is 1. The highest BCUT2D eigenvalue weighted by Crippen LogP contribution is 2.35. The number of amides is 1. The van der Waals surface area contributed by atoms with Crippen molar-refractivity contribution < 1.29 is 14.3 Å². The van der Waals surface area contributed by atoms with Crippen molar-refractivity contribution in [2.45, 2.75) is 13.8 Å². The first-order valence-corrected chi connectivity index (χ1v) is 10.1. The smallest absolute Gasteiger partial charge is 0.266 e. The first-order chi connectivity index (χ1) is 14.9. The zero-order valence-electron chi connectivity index (χ0n) is 16.7. The lowest BCUT2D eigenvalue weighted by atomic mass is 10.1. The van der Waals surface area contributed by atoms with Gasteiger partial charge in [0.05, 0.1) is 15.7 Å². The lowest BCUT2D eigenvalue weighted by Crippen LogP contribution is -2.14. The van der Waals surface area contributed by atoms with Gasteiger partial charge in [-0.05, 0) is 55.8 Å². The van der Waals surface area contributed by atoms with Crippen LogP contribution in [0.4, 0.5) is 5.69 Å². The van der Waals surface area contributed by atoms with Crippen molar-refractivity contribution in [1.82, 2.24) is 4.57 Å². The molecule has 0 unspecified atom stereocenters. The molecular formula is C23H17Cl2N3O3. The number of benzene rings is 2.